The lowest BCUT2D eigenvalue weighted by Crippen LogP contribution is -2.20. The minimum atomic E-state index is -0.890. The number of hydrogen-bond acceptors (Lipinski definition) is 1. The Morgan fingerprint density at radius 3 is 3.07 bits per heavy atom. The summed E-state index contributed by atoms with van der Waals surface area (Å²) in [7, 11) is 0. The molecule has 0 amide bonds. The van der Waals surface area contributed by atoms with Crippen LogP contribution in [-0.4, -0.2) is 5.11 Å². The van der Waals surface area contributed by atoms with Crippen LogP contribution in [0, 0.1) is 5.82 Å². The van der Waals surface area contributed by atoms with Crippen LogP contribution in [0.3, 0.4) is 0 Å². The normalized spacial score (nSPS) is 24.7. The Hall–Kier alpha value is -1.15. The molecule has 1 N–H and O–H groups in total. The molecule has 0 heterocycles. The summed E-state index contributed by atoms with van der Waals surface area (Å²) >= 11 is 0. The van der Waals surface area contributed by atoms with Crippen molar-refractivity contribution in [1.29, 1.82) is 0 Å². The number of aliphatic hydroxyl groups is 1. The third-order valence-electron chi connectivity index (χ3n) is 2.89. The minimum absolute atomic E-state index is 0.206. The highest BCUT2D eigenvalue weighted by Crippen LogP contribution is 2.40. The summed E-state index contributed by atoms with van der Waals surface area (Å²) in [6, 6.07) is 4.89. The van der Waals surface area contributed by atoms with Crippen LogP contribution in [0.15, 0.2) is 30.9 Å². The fourth-order valence-electron chi connectivity index (χ4n) is 2.17. The van der Waals surface area contributed by atoms with Crippen molar-refractivity contribution in [1.82, 2.24) is 0 Å². The lowest BCUT2D eigenvalue weighted by atomic mass is 9.92. The van der Waals surface area contributed by atoms with E-state index in [2.05, 4.69) is 6.58 Å². The third-order valence-corrected chi connectivity index (χ3v) is 2.89. The van der Waals surface area contributed by atoms with Crippen molar-refractivity contribution in [2.45, 2.75) is 24.9 Å². The van der Waals surface area contributed by atoms with Crippen LogP contribution in [0.4, 0.5) is 4.39 Å². The number of hydrogen-bond donors (Lipinski definition) is 1. The van der Waals surface area contributed by atoms with Crippen LogP contribution >= 0.6 is 0 Å². The third kappa shape index (κ3) is 1.26. The van der Waals surface area contributed by atoms with Gasteiger partial charge in [0.25, 0.3) is 0 Å². The van der Waals surface area contributed by atoms with Crippen LogP contribution < -0.4 is 0 Å². The lowest BCUT2D eigenvalue weighted by molar-refractivity contribution is 0.0419. The molecule has 1 aromatic rings. The van der Waals surface area contributed by atoms with Crippen LogP contribution in [-0.2, 0) is 12.0 Å². The Morgan fingerprint density at radius 2 is 2.36 bits per heavy atom. The maximum Gasteiger partial charge on any atom is 0.126 e. The Labute approximate surface area is 82.9 Å². The predicted octanol–water partition coefficient (Wildman–Crippen LogP) is 2.54. The molecule has 1 aliphatic rings. The minimum Gasteiger partial charge on any atom is -0.385 e. The molecule has 0 bridgehead atoms. The molecule has 1 atom stereocenters. The molecule has 2 heteroatoms. The molecule has 74 valence electrons. The van der Waals surface area contributed by atoms with Gasteiger partial charge in [-0.05, 0) is 36.5 Å². The lowest BCUT2D eigenvalue weighted by Gasteiger charge is -2.21. The molecular formula is C12H13FO. The number of benzene rings is 1. The average Bonchev–Trinajstić information content (AvgIpc) is 2.47. The van der Waals surface area contributed by atoms with Gasteiger partial charge in [0.15, 0.2) is 0 Å². The second kappa shape index (κ2) is 3.21. The van der Waals surface area contributed by atoms with Gasteiger partial charge < -0.3 is 5.11 Å². The molecule has 1 nitrogen and oxygen atoms in total. The van der Waals surface area contributed by atoms with Gasteiger partial charge in [-0.2, -0.15) is 0 Å². The summed E-state index contributed by atoms with van der Waals surface area (Å²) in [6.45, 7) is 3.61. The first-order chi connectivity index (χ1) is 6.67. The van der Waals surface area contributed by atoms with Gasteiger partial charge in [0.05, 0.1) is 5.60 Å². The molecule has 0 aromatic heterocycles. The zero-order chi connectivity index (χ0) is 10.2. The molecular weight excluding hydrogens is 179 g/mol. The van der Waals surface area contributed by atoms with Crippen LogP contribution in [0.25, 0.3) is 0 Å². The van der Waals surface area contributed by atoms with Gasteiger partial charge in [0.2, 0.25) is 0 Å². The largest absolute Gasteiger partial charge is 0.385 e. The van der Waals surface area contributed by atoms with Gasteiger partial charge in [-0.15, -0.1) is 6.58 Å². The van der Waals surface area contributed by atoms with Crippen molar-refractivity contribution in [3.05, 3.63) is 47.8 Å². The molecule has 0 radical (unpaired) electrons. The number of halogens is 1. The van der Waals surface area contributed by atoms with Crippen molar-refractivity contribution >= 4 is 0 Å². The van der Waals surface area contributed by atoms with Crippen molar-refractivity contribution in [2.75, 3.05) is 0 Å². The van der Waals surface area contributed by atoms with Crippen LogP contribution in [0.5, 0.6) is 0 Å². The maximum absolute atomic E-state index is 13.3. The van der Waals surface area contributed by atoms with Gasteiger partial charge in [-0.1, -0.05) is 18.2 Å². The topological polar surface area (TPSA) is 20.2 Å². The molecule has 1 unspecified atom stereocenters. The molecule has 0 spiro atoms. The standard InChI is InChI=1S/C12H13FO/c1-2-7-12(14)8-6-9-10(12)4-3-5-11(9)13/h2-5,14H,1,6-8H2. The summed E-state index contributed by atoms with van der Waals surface area (Å²) in [5.41, 5.74) is 0.508. The van der Waals surface area contributed by atoms with E-state index in [0.29, 0.717) is 24.8 Å². The average molecular weight is 192 g/mol. The first kappa shape index (κ1) is 9.41. The first-order valence-electron chi connectivity index (χ1n) is 4.78. The zero-order valence-electron chi connectivity index (χ0n) is 7.96. The summed E-state index contributed by atoms with van der Waals surface area (Å²) in [6.07, 6.45) is 3.38. The molecule has 2 rings (SSSR count). The van der Waals surface area contributed by atoms with E-state index in [9.17, 15) is 9.50 Å². The SMILES string of the molecule is C=CCC1(O)CCc2c(F)cccc21. The summed E-state index contributed by atoms with van der Waals surface area (Å²) in [5, 5.41) is 10.2. The Kier molecular flexibility index (Phi) is 2.16. The second-order valence-electron chi connectivity index (χ2n) is 3.79. The van der Waals surface area contributed by atoms with E-state index in [4.69, 9.17) is 0 Å². The second-order valence-corrected chi connectivity index (χ2v) is 3.79. The smallest absolute Gasteiger partial charge is 0.126 e. The van der Waals surface area contributed by atoms with Gasteiger partial charge in [-0.3, -0.25) is 0 Å². The van der Waals surface area contributed by atoms with E-state index in [1.807, 2.05) is 0 Å². The predicted molar refractivity (Wildman–Crippen MR) is 53.4 cm³/mol. The molecule has 0 saturated carbocycles. The molecule has 0 aliphatic heterocycles. The summed E-state index contributed by atoms with van der Waals surface area (Å²) in [4.78, 5) is 0. The molecule has 1 aromatic carbocycles. The molecule has 1 aliphatic carbocycles. The van der Waals surface area contributed by atoms with Gasteiger partial charge in [0.1, 0.15) is 5.82 Å². The van der Waals surface area contributed by atoms with E-state index < -0.39 is 5.60 Å². The number of fused-ring (bicyclic) bond motifs is 1. The maximum atomic E-state index is 13.3. The van der Waals surface area contributed by atoms with E-state index in [1.54, 1.807) is 18.2 Å². The monoisotopic (exact) mass is 192 g/mol. The Morgan fingerprint density at radius 1 is 1.57 bits per heavy atom. The Balaban J connectivity index is 2.48. The van der Waals surface area contributed by atoms with Gasteiger partial charge >= 0.3 is 0 Å². The van der Waals surface area contributed by atoms with E-state index in [-0.39, 0.29) is 5.82 Å². The van der Waals surface area contributed by atoms with Gasteiger partial charge in [-0.25, -0.2) is 4.39 Å². The fourth-order valence-corrected chi connectivity index (χ4v) is 2.17. The molecule has 0 fully saturated rings. The highest BCUT2D eigenvalue weighted by molar-refractivity contribution is 5.38. The Bertz CT molecular complexity index is 373. The number of rotatable bonds is 2. The van der Waals surface area contributed by atoms with E-state index in [0.717, 1.165) is 5.56 Å². The summed E-state index contributed by atoms with van der Waals surface area (Å²) < 4.78 is 13.3. The fraction of sp³-hybridized carbons (Fsp3) is 0.333. The van der Waals surface area contributed by atoms with Crippen molar-refractivity contribution in [3.63, 3.8) is 0 Å². The van der Waals surface area contributed by atoms with Crippen LogP contribution in [0.2, 0.25) is 0 Å². The zero-order valence-corrected chi connectivity index (χ0v) is 7.96. The highest BCUT2D eigenvalue weighted by atomic mass is 19.1. The summed E-state index contributed by atoms with van der Waals surface area (Å²) in [5.74, 6) is -0.206. The highest BCUT2D eigenvalue weighted by Gasteiger charge is 2.36. The first-order valence-corrected chi connectivity index (χ1v) is 4.78. The van der Waals surface area contributed by atoms with Crippen molar-refractivity contribution in [3.8, 4) is 0 Å². The quantitative estimate of drug-likeness (QED) is 0.714. The van der Waals surface area contributed by atoms with Crippen LogP contribution in [0.1, 0.15) is 24.0 Å². The van der Waals surface area contributed by atoms with Crippen molar-refractivity contribution < 1.29 is 9.50 Å². The van der Waals surface area contributed by atoms with Gasteiger partial charge in [0, 0.05) is 0 Å². The molecule has 14 heavy (non-hydrogen) atoms. The van der Waals surface area contributed by atoms with E-state index >= 15 is 0 Å². The molecule has 0 saturated heterocycles. The van der Waals surface area contributed by atoms with Crippen molar-refractivity contribution in [2.24, 2.45) is 0 Å². The van der Waals surface area contributed by atoms with E-state index in [1.165, 1.54) is 6.07 Å².